The fourth-order valence-electron chi connectivity index (χ4n) is 4.03. The molecule has 170 valence electrons. The molecule has 0 radical (unpaired) electrons. The summed E-state index contributed by atoms with van der Waals surface area (Å²) in [6, 6.07) is 6.38. The lowest BCUT2D eigenvalue weighted by molar-refractivity contribution is -0.173. The van der Waals surface area contributed by atoms with Crippen molar-refractivity contribution < 1.29 is 18.0 Å². The molecule has 32 heavy (non-hydrogen) atoms. The molecule has 0 unspecified atom stereocenters. The van der Waals surface area contributed by atoms with Crippen LogP contribution < -0.4 is 10.6 Å². The van der Waals surface area contributed by atoms with Gasteiger partial charge in [0.2, 0.25) is 0 Å². The van der Waals surface area contributed by atoms with Crippen molar-refractivity contribution in [2.24, 2.45) is 7.05 Å². The summed E-state index contributed by atoms with van der Waals surface area (Å²) in [5.41, 5.74) is 4.28. The number of nitrogens with one attached hydrogen (secondary N) is 2. The highest BCUT2D eigenvalue weighted by Crippen LogP contribution is 2.43. The molecule has 2 aromatic heterocycles. The monoisotopic (exact) mass is 446 g/mol. The second-order valence-electron chi connectivity index (χ2n) is 8.22. The van der Waals surface area contributed by atoms with Crippen LogP contribution in [0.25, 0.3) is 0 Å². The number of anilines is 1. The van der Waals surface area contributed by atoms with Crippen LogP contribution in [0, 0.1) is 20.8 Å². The normalized spacial score (nSPS) is 18.2. The predicted molar refractivity (Wildman–Crippen MR) is 113 cm³/mol. The first-order valence-corrected chi connectivity index (χ1v) is 10.3. The van der Waals surface area contributed by atoms with Gasteiger partial charge in [-0.15, -0.1) is 0 Å². The lowest BCUT2D eigenvalue weighted by atomic mass is 9.96. The molecular formula is C22H25F3N6O. The highest BCUT2D eigenvalue weighted by Gasteiger charge is 2.46. The van der Waals surface area contributed by atoms with Crippen molar-refractivity contribution in [3.8, 4) is 0 Å². The average Bonchev–Trinajstić information content (AvgIpc) is 3.26. The van der Waals surface area contributed by atoms with Gasteiger partial charge in [0.05, 0.1) is 11.7 Å². The summed E-state index contributed by atoms with van der Waals surface area (Å²) in [6.45, 7) is 5.87. The average molecular weight is 446 g/mol. The number of aryl methyl sites for hydroxylation is 3. The third-order valence-electron chi connectivity index (χ3n) is 5.99. The zero-order chi connectivity index (χ0) is 23.2. The van der Waals surface area contributed by atoms with Crippen LogP contribution >= 0.6 is 0 Å². The van der Waals surface area contributed by atoms with E-state index in [2.05, 4.69) is 20.8 Å². The summed E-state index contributed by atoms with van der Waals surface area (Å²) < 4.78 is 44.1. The molecule has 1 aliphatic heterocycles. The van der Waals surface area contributed by atoms with E-state index in [9.17, 15) is 18.0 Å². The second-order valence-corrected chi connectivity index (χ2v) is 8.22. The van der Waals surface area contributed by atoms with Crippen molar-refractivity contribution in [1.29, 1.82) is 0 Å². The first-order chi connectivity index (χ1) is 15.0. The van der Waals surface area contributed by atoms with Gasteiger partial charge in [0.25, 0.3) is 5.91 Å². The van der Waals surface area contributed by atoms with Crippen molar-refractivity contribution in [2.75, 3.05) is 5.32 Å². The molecule has 1 amide bonds. The van der Waals surface area contributed by atoms with Crippen molar-refractivity contribution in [2.45, 2.75) is 52.0 Å². The molecule has 0 saturated carbocycles. The molecule has 0 aliphatic carbocycles. The Morgan fingerprint density at radius 2 is 1.88 bits per heavy atom. The summed E-state index contributed by atoms with van der Waals surface area (Å²) >= 11 is 0. The highest BCUT2D eigenvalue weighted by molar-refractivity contribution is 5.93. The van der Waals surface area contributed by atoms with Gasteiger partial charge in [-0.1, -0.05) is 29.8 Å². The van der Waals surface area contributed by atoms with Gasteiger partial charge in [-0.2, -0.15) is 23.4 Å². The molecule has 0 bridgehead atoms. The molecular weight excluding hydrogens is 421 g/mol. The van der Waals surface area contributed by atoms with Gasteiger partial charge in [0.15, 0.2) is 11.7 Å². The number of halogens is 3. The van der Waals surface area contributed by atoms with Gasteiger partial charge < -0.3 is 10.6 Å². The Bertz CT molecular complexity index is 1150. The molecule has 1 aromatic carbocycles. The number of hydrogen-bond donors (Lipinski definition) is 2. The maximum absolute atomic E-state index is 13.8. The van der Waals surface area contributed by atoms with Gasteiger partial charge in [-0.05, 0) is 26.3 Å². The quantitative estimate of drug-likeness (QED) is 0.632. The summed E-state index contributed by atoms with van der Waals surface area (Å²) in [5, 5.41) is 14.2. The predicted octanol–water partition coefficient (Wildman–Crippen LogP) is 4.13. The lowest BCUT2D eigenvalue weighted by Crippen LogP contribution is -2.35. The molecule has 1 aliphatic rings. The highest BCUT2D eigenvalue weighted by atomic mass is 19.4. The first-order valence-electron chi connectivity index (χ1n) is 10.3. The molecule has 0 spiro atoms. The minimum Gasteiger partial charge on any atom is -0.363 e. The molecule has 3 aromatic rings. The minimum atomic E-state index is -4.50. The number of rotatable bonds is 4. The zero-order valence-electron chi connectivity index (χ0n) is 18.3. The Kier molecular flexibility index (Phi) is 5.47. The number of carbonyl (C=O) groups is 1. The maximum Gasteiger partial charge on any atom is 0.410 e. The Balaban J connectivity index is 1.58. The number of alkyl halides is 3. The SMILES string of the molecule is Cc1ccc([C@H]2C[C@H](C(F)(F)F)n3nc(C(=O)NCc4c(C)nn(C)c4C)cc3N2)cc1. The standard InChI is InChI=1S/C22H25F3N6O/c1-12-5-7-15(8-6-12)17-9-19(22(23,24)25)31-20(27-17)10-18(29-31)21(32)26-11-16-13(2)28-30(4)14(16)3/h5-8,10,17,19,27H,9,11H2,1-4H3,(H,26,32)/t17-,19-/m1/s1. The summed E-state index contributed by atoms with van der Waals surface area (Å²) in [6.07, 6.45) is -4.71. The molecule has 3 heterocycles. The third-order valence-corrected chi connectivity index (χ3v) is 5.99. The summed E-state index contributed by atoms with van der Waals surface area (Å²) in [7, 11) is 1.81. The molecule has 4 rings (SSSR count). The van der Waals surface area contributed by atoms with Crippen LogP contribution in [0.1, 0.15) is 57.1 Å². The zero-order valence-corrected chi connectivity index (χ0v) is 18.3. The number of amides is 1. The summed E-state index contributed by atoms with van der Waals surface area (Å²) in [4.78, 5) is 12.7. The second kappa shape index (κ2) is 7.99. The molecule has 10 heteroatoms. The molecule has 2 atom stereocenters. The topological polar surface area (TPSA) is 76.8 Å². The van der Waals surface area contributed by atoms with Crippen molar-refractivity contribution >= 4 is 11.7 Å². The van der Waals surface area contributed by atoms with Gasteiger partial charge in [-0.25, -0.2) is 4.68 Å². The molecule has 2 N–H and O–H groups in total. The summed E-state index contributed by atoms with van der Waals surface area (Å²) in [5.74, 6) is -0.368. The number of benzene rings is 1. The smallest absolute Gasteiger partial charge is 0.363 e. The van der Waals surface area contributed by atoms with Crippen molar-refractivity contribution in [1.82, 2.24) is 24.9 Å². The van der Waals surface area contributed by atoms with Crippen LogP contribution in [-0.4, -0.2) is 31.6 Å². The van der Waals surface area contributed by atoms with Gasteiger partial charge >= 0.3 is 6.18 Å². The molecule has 7 nitrogen and oxygen atoms in total. The van der Waals surface area contributed by atoms with E-state index in [-0.39, 0.29) is 24.5 Å². The Morgan fingerprint density at radius 1 is 1.19 bits per heavy atom. The number of nitrogens with zero attached hydrogens (tertiary/aromatic N) is 4. The maximum atomic E-state index is 13.8. The van der Waals surface area contributed by atoms with Gasteiger partial charge in [0, 0.05) is 37.3 Å². The van der Waals surface area contributed by atoms with E-state index < -0.39 is 24.2 Å². The van der Waals surface area contributed by atoms with Crippen LogP contribution in [0.2, 0.25) is 0 Å². The Hall–Kier alpha value is -3.30. The van der Waals surface area contributed by atoms with Gasteiger partial charge in [-0.3, -0.25) is 9.48 Å². The number of aromatic nitrogens is 4. The largest absolute Gasteiger partial charge is 0.410 e. The van der Waals surface area contributed by atoms with Crippen LogP contribution in [0.4, 0.5) is 19.0 Å². The third kappa shape index (κ3) is 4.09. The van der Waals surface area contributed by atoms with Crippen LogP contribution in [0.15, 0.2) is 30.3 Å². The van der Waals surface area contributed by atoms with E-state index in [1.807, 2.05) is 52.1 Å². The molecule has 0 fully saturated rings. The van der Waals surface area contributed by atoms with Gasteiger partial charge in [0.1, 0.15) is 5.82 Å². The Morgan fingerprint density at radius 3 is 2.47 bits per heavy atom. The first kappa shape index (κ1) is 21.9. The van der Waals surface area contributed by atoms with Crippen LogP contribution in [-0.2, 0) is 13.6 Å². The fraction of sp³-hybridized carbons (Fsp3) is 0.409. The number of fused-ring (bicyclic) bond motifs is 1. The van der Waals surface area contributed by atoms with E-state index in [1.165, 1.54) is 6.07 Å². The molecule has 0 saturated heterocycles. The van der Waals surface area contributed by atoms with Crippen LogP contribution in [0.3, 0.4) is 0 Å². The van der Waals surface area contributed by atoms with E-state index >= 15 is 0 Å². The number of carbonyl (C=O) groups excluding carboxylic acids is 1. The fourth-order valence-corrected chi connectivity index (χ4v) is 4.03. The van der Waals surface area contributed by atoms with E-state index in [0.29, 0.717) is 0 Å². The van der Waals surface area contributed by atoms with Crippen molar-refractivity contribution in [3.63, 3.8) is 0 Å². The number of hydrogen-bond acceptors (Lipinski definition) is 4. The van der Waals surface area contributed by atoms with E-state index in [1.54, 1.807) is 4.68 Å². The Labute approximate surface area is 183 Å². The lowest BCUT2D eigenvalue weighted by Gasteiger charge is -2.33. The minimum absolute atomic E-state index is 0.0643. The van der Waals surface area contributed by atoms with Crippen LogP contribution in [0.5, 0.6) is 0 Å². The van der Waals surface area contributed by atoms with E-state index in [0.717, 1.165) is 32.8 Å². The van der Waals surface area contributed by atoms with Crippen molar-refractivity contribution in [3.05, 3.63) is 64.1 Å². The van der Waals surface area contributed by atoms with E-state index in [4.69, 9.17) is 0 Å².